The predicted molar refractivity (Wildman–Crippen MR) is 74.4 cm³/mol. The molecule has 1 aliphatic rings. The third-order valence-electron chi connectivity index (χ3n) is 1.63. The molecule has 0 radical (unpaired) electrons. The first-order valence-electron chi connectivity index (χ1n) is 7.41. The highest BCUT2D eigenvalue weighted by molar-refractivity contribution is 8.25. The lowest BCUT2D eigenvalue weighted by Crippen LogP contribution is -2.23. The summed E-state index contributed by atoms with van der Waals surface area (Å²) in [5.41, 5.74) is -4.99. The van der Waals surface area contributed by atoms with E-state index in [0.29, 0.717) is 23.5 Å². The van der Waals surface area contributed by atoms with Gasteiger partial charge in [-0.2, -0.15) is 0 Å². The highest BCUT2D eigenvalue weighted by atomic mass is 32.2. The molecular weight excluding hydrogens is 272 g/mol. The zero-order chi connectivity index (χ0) is 17.3. The lowest BCUT2D eigenvalue weighted by Gasteiger charge is -2.13. The van der Waals surface area contributed by atoms with Gasteiger partial charge in [-0.25, -0.2) is 9.59 Å². The van der Waals surface area contributed by atoms with Crippen LogP contribution < -0.4 is 0 Å². The number of carbonyl (C=O) groups is 2. The first-order chi connectivity index (χ1) is 9.87. The highest BCUT2D eigenvalue weighted by Crippen LogP contribution is 2.39. The lowest BCUT2D eigenvalue weighted by molar-refractivity contribution is -0.150. The number of rotatable bonds is 4. The van der Waals surface area contributed by atoms with Crippen molar-refractivity contribution in [2.45, 2.75) is 39.9 Å². The van der Waals surface area contributed by atoms with Crippen LogP contribution in [-0.4, -0.2) is 35.6 Å². The maximum Gasteiger partial charge on any atom is 0.347 e. The van der Waals surface area contributed by atoms with Crippen LogP contribution in [-0.2, 0) is 19.1 Å². The van der Waals surface area contributed by atoms with E-state index in [-0.39, 0.29) is 4.24 Å². The zero-order valence-electron chi connectivity index (χ0n) is 14.6. The molecule has 1 heterocycles. The molecule has 0 saturated carbocycles. The summed E-state index contributed by atoms with van der Waals surface area (Å²) in [4.78, 5) is 24.3. The normalized spacial score (nSPS) is 24.0. The van der Waals surface area contributed by atoms with Gasteiger partial charge in [-0.05, 0) is 27.7 Å². The predicted octanol–water partition coefficient (Wildman–Crippen LogP) is 2.58. The largest absolute Gasteiger partial charge is 0.459 e. The maximum atomic E-state index is 12.1. The molecule has 0 aromatic rings. The van der Waals surface area contributed by atoms with Crippen LogP contribution in [0, 0.1) is 0 Å². The monoisotopic (exact) mass is 294 g/mol. The summed E-state index contributed by atoms with van der Waals surface area (Å²) >= 11 is 0.986. The molecule has 1 rings (SSSR count). The molecule has 0 amide bonds. The van der Waals surface area contributed by atoms with Gasteiger partial charge in [0, 0.05) is 16.9 Å². The van der Waals surface area contributed by atoms with Crippen molar-refractivity contribution in [2.24, 2.45) is 0 Å². The average molecular weight is 294 g/mol. The molecule has 102 valence electrons. The van der Waals surface area contributed by atoms with Crippen LogP contribution in [0.2, 0.25) is 0 Å². The topological polar surface area (TPSA) is 52.6 Å². The van der Waals surface area contributed by atoms with Crippen molar-refractivity contribution in [1.82, 2.24) is 0 Å². The van der Waals surface area contributed by atoms with Gasteiger partial charge in [0.1, 0.15) is 0 Å². The smallest absolute Gasteiger partial charge is 0.347 e. The molecule has 1 saturated heterocycles. The Labute approximate surface area is 121 Å². The number of thioether (sulfide) groups is 2. The molecule has 0 aromatic heterocycles. The molecule has 0 aromatic carbocycles. The molecule has 0 unspecified atom stereocenters. The summed E-state index contributed by atoms with van der Waals surface area (Å²) in [7, 11) is 0. The van der Waals surface area contributed by atoms with Crippen molar-refractivity contribution >= 4 is 35.5 Å². The van der Waals surface area contributed by atoms with Crippen molar-refractivity contribution in [3.63, 3.8) is 0 Å². The standard InChI is InChI=1S/C12H18O4S2/c1-7(2)15-10(13)9(11(14)16-8(3)4)12-17-5-6-18-12/h7-8H,5-6H2,1-4H3/i5D2,6D2. The summed E-state index contributed by atoms with van der Waals surface area (Å²) in [6.07, 6.45) is -0.945. The second-order valence-electron chi connectivity index (χ2n) is 3.98. The van der Waals surface area contributed by atoms with Crippen LogP contribution in [0.4, 0.5) is 0 Å². The van der Waals surface area contributed by atoms with Gasteiger partial charge < -0.3 is 9.47 Å². The Bertz CT molecular complexity index is 461. The summed E-state index contributed by atoms with van der Waals surface area (Å²) in [5, 5.41) is 0. The zero-order valence-corrected chi connectivity index (χ0v) is 12.2. The molecule has 1 aliphatic heterocycles. The third-order valence-corrected chi connectivity index (χ3v) is 3.44. The lowest BCUT2D eigenvalue weighted by atomic mass is 10.3. The number of carbonyl (C=O) groups excluding carboxylic acids is 2. The van der Waals surface area contributed by atoms with Gasteiger partial charge in [-0.1, -0.05) is 0 Å². The molecule has 18 heavy (non-hydrogen) atoms. The minimum absolute atomic E-state index is 0.0636. The van der Waals surface area contributed by atoms with Gasteiger partial charge in [0.05, 0.1) is 16.4 Å². The average Bonchev–Trinajstić information content (AvgIpc) is 2.44. The van der Waals surface area contributed by atoms with E-state index >= 15 is 0 Å². The summed E-state index contributed by atoms with van der Waals surface area (Å²) in [6.45, 7) is 6.45. The summed E-state index contributed by atoms with van der Waals surface area (Å²) < 4.78 is 40.6. The third kappa shape index (κ3) is 4.57. The van der Waals surface area contributed by atoms with E-state index in [9.17, 15) is 9.59 Å². The van der Waals surface area contributed by atoms with Gasteiger partial charge in [-0.15, -0.1) is 23.5 Å². The van der Waals surface area contributed by atoms with Crippen molar-refractivity contribution in [3.05, 3.63) is 9.81 Å². The Balaban J connectivity index is 3.24. The van der Waals surface area contributed by atoms with E-state index in [1.54, 1.807) is 27.7 Å². The fourth-order valence-corrected chi connectivity index (χ4v) is 2.53. The molecular formula is C12H18O4S2. The molecule has 0 bridgehead atoms. The molecule has 0 atom stereocenters. The first-order valence-corrected chi connectivity index (χ1v) is 7.05. The van der Waals surface area contributed by atoms with E-state index in [4.69, 9.17) is 15.0 Å². The molecule has 0 aliphatic carbocycles. The molecule has 0 spiro atoms. The van der Waals surface area contributed by atoms with Gasteiger partial charge in [0.25, 0.3) is 0 Å². The van der Waals surface area contributed by atoms with E-state index in [1.165, 1.54) is 0 Å². The quantitative estimate of drug-likeness (QED) is 0.344. The first kappa shape index (κ1) is 10.2. The Morgan fingerprint density at radius 1 is 1.06 bits per heavy atom. The number of hydrogen-bond acceptors (Lipinski definition) is 6. The summed E-state index contributed by atoms with van der Waals surface area (Å²) in [6, 6.07) is 0. The minimum atomic E-state index is -2.27. The van der Waals surface area contributed by atoms with E-state index in [2.05, 4.69) is 0 Å². The minimum Gasteiger partial charge on any atom is -0.459 e. The van der Waals surface area contributed by atoms with Crippen LogP contribution in [0.15, 0.2) is 9.81 Å². The SMILES string of the molecule is [2H]C1([2H])SC(=C(C(=O)OC(C)C)C(=O)OC(C)C)SC1([2H])[2H]. The van der Waals surface area contributed by atoms with E-state index in [1.807, 2.05) is 0 Å². The Hall–Kier alpha value is -0.620. The Kier molecular flexibility index (Phi) is 4.02. The van der Waals surface area contributed by atoms with Crippen LogP contribution >= 0.6 is 23.5 Å². The van der Waals surface area contributed by atoms with Gasteiger partial charge in [-0.3, -0.25) is 0 Å². The van der Waals surface area contributed by atoms with Crippen molar-refractivity contribution < 1.29 is 24.5 Å². The fourth-order valence-electron chi connectivity index (χ4n) is 1.05. The number of esters is 2. The number of hydrogen-bond donors (Lipinski definition) is 0. The van der Waals surface area contributed by atoms with Crippen LogP contribution in [0.5, 0.6) is 0 Å². The number of ether oxygens (including phenoxy) is 2. The van der Waals surface area contributed by atoms with Crippen LogP contribution in [0.25, 0.3) is 0 Å². The highest BCUT2D eigenvalue weighted by Gasteiger charge is 2.30. The van der Waals surface area contributed by atoms with Gasteiger partial charge in [0.15, 0.2) is 5.57 Å². The second kappa shape index (κ2) is 7.09. The van der Waals surface area contributed by atoms with E-state index < -0.39 is 41.1 Å². The second-order valence-corrected chi connectivity index (χ2v) is 5.87. The molecule has 4 nitrogen and oxygen atoms in total. The van der Waals surface area contributed by atoms with Crippen molar-refractivity contribution in [1.29, 1.82) is 0 Å². The van der Waals surface area contributed by atoms with Crippen LogP contribution in [0.3, 0.4) is 0 Å². The van der Waals surface area contributed by atoms with E-state index in [0.717, 1.165) is 0 Å². The molecule has 1 fully saturated rings. The maximum absolute atomic E-state index is 12.1. The Morgan fingerprint density at radius 2 is 1.44 bits per heavy atom. The Morgan fingerprint density at radius 3 is 1.78 bits per heavy atom. The molecule has 6 heteroatoms. The van der Waals surface area contributed by atoms with Gasteiger partial charge in [0.2, 0.25) is 0 Å². The van der Waals surface area contributed by atoms with Crippen molar-refractivity contribution in [3.8, 4) is 0 Å². The van der Waals surface area contributed by atoms with Crippen molar-refractivity contribution in [2.75, 3.05) is 11.4 Å². The summed E-state index contributed by atoms with van der Waals surface area (Å²) in [5.74, 6) is -1.88. The van der Waals surface area contributed by atoms with Gasteiger partial charge >= 0.3 is 11.9 Å². The fraction of sp³-hybridized carbons (Fsp3) is 0.667. The molecule has 0 N–H and O–H groups in total. The van der Waals surface area contributed by atoms with Crippen LogP contribution in [0.1, 0.15) is 33.2 Å².